The zero-order valence-electron chi connectivity index (χ0n) is 12.2. The Hall–Kier alpha value is -2.18. The van der Waals surface area contributed by atoms with Crippen LogP contribution in [-0.4, -0.2) is 19.9 Å². The lowest BCUT2D eigenvalue weighted by Crippen LogP contribution is -1.93. The molecule has 0 unspecified atom stereocenters. The van der Waals surface area contributed by atoms with Crippen molar-refractivity contribution in [3.8, 4) is 0 Å². The average molecular weight is 440 g/mol. The minimum atomic E-state index is 0.839. The largest absolute Gasteiger partial charge is 0.254 e. The van der Waals surface area contributed by atoms with Gasteiger partial charge in [0.2, 0.25) is 0 Å². The van der Waals surface area contributed by atoms with Gasteiger partial charge in [-0.05, 0) is 68.3 Å². The predicted molar refractivity (Wildman–Crippen MR) is 103 cm³/mol. The fourth-order valence-corrected chi connectivity index (χ4v) is 3.66. The van der Waals surface area contributed by atoms with Gasteiger partial charge in [0.1, 0.15) is 0 Å². The number of aromatic nitrogens is 4. The molecule has 0 saturated carbocycles. The maximum Gasteiger partial charge on any atom is 0.0996 e. The molecule has 0 amide bonds. The predicted octanol–water partition coefficient (Wildman–Crippen LogP) is 5.40. The van der Waals surface area contributed by atoms with Crippen molar-refractivity contribution >= 4 is 75.7 Å². The van der Waals surface area contributed by atoms with E-state index in [9.17, 15) is 0 Å². The Morgan fingerprint density at radius 3 is 1.54 bits per heavy atom. The second kappa shape index (κ2) is 5.16. The molecule has 4 nitrogen and oxygen atoms in total. The first kappa shape index (κ1) is 14.2. The summed E-state index contributed by atoms with van der Waals surface area (Å²) in [5.41, 5.74) is 5.08. The van der Waals surface area contributed by atoms with Crippen LogP contribution in [0.4, 0.5) is 0 Å². The molecule has 0 saturated heterocycles. The summed E-state index contributed by atoms with van der Waals surface area (Å²) in [4.78, 5) is 18.8. The van der Waals surface area contributed by atoms with Crippen LogP contribution in [-0.2, 0) is 0 Å². The summed E-state index contributed by atoms with van der Waals surface area (Å²) in [5, 5.41) is 1.93. The molecule has 2 aromatic carbocycles. The molecule has 3 heterocycles. The van der Waals surface area contributed by atoms with E-state index < -0.39 is 0 Å². The SMILES string of the molecule is Brc1cc2nc3c4cccnc4c4ncccc4c3nc2cc1Br. The highest BCUT2D eigenvalue weighted by Gasteiger charge is 2.14. The molecule has 5 aromatic rings. The standard InChI is InChI=1S/C18H8Br2N4/c19-11-7-13-14(8-12(11)20)24-18-10-4-2-6-22-16(10)15-9(17(18)23-13)3-1-5-21-15/h1-8H. The molecular weight excluding hydrogens is 432 g/mol. The average Bonchev–Trinajstić information content (AvgIpc) is 2.62. The smallest absolute Gasteiger partial charge is 0.0996 e. The number of halogens is 2. The van der Waals surface area contributed by atoms with Crippen LogP contribution in [0.2, 0.25) is 0 Å². The molecule has 0 N–H and O–H groups in total. The highest BCUT2D eigenvalue weighted by Crippen LogP contribution is 2.33. The topological polar surface area (TPSA) is 51.6 Å². The van der Waals surface area contributed by atoms with Crippen LogP contribution in [0.3, 0.4) is 0 Å². The van der Waals surface area contributed by atoms with Gasteiger partial charge in [-0.2, -0.15) is 0 Å². The minimum Gasteiger partial charge on any atom is -0.254 e. The molecule has 3 aromatic heterocycles. The summed E-state index contributed by atoms with van der Waals surface area (Å²) in [6.07, 6.45) is 3.56. The van der Waals surface area contributed by atoms with Crippen LogP contribution in [0, 0.1) is 0 Å². The lowest BCUT2D eigenvalue weighted by Gasteiger charge is -2.09. The fraction of sp³-hybridized carbons (Fsp3) is 0. The van der Waals surface area contributed by atoms with E-state index in [1.54, 1.807) is 12.4 Å². The molecule has 6 heteroatoms. The Labute approximate surface area is 153 Å². The van der Waals surface area contributed by atoms with Gasteiger partial charge in [-0.1, -0.05) is 0 Å². The van der Waals surface area contributed by atoms with Gasteiger partial charge < -0.3 is 0 Å². The van der Waals surface area contributed by atoms with Gasteiger partial charge in [-0.15, -0.1) is 0 Å². The van der Waals surface area contributed by atoms with E-state index in [0.717, 1.165) is 52.8 Å². The van der Waals surface area contributed by atoms with E-state index in [1.165, 1.54) is 0 Å². The lowest BCUT2D eigenvalue weighted by atomic mass is 10.1. The number of fused-ring (bicyclic) bond motifs is 7. The summed E-state index contributed by atoms with van der Waals surface area (Å²) in [6, 6.07) is 11.8. The van der Waals surface area contributed by atoms with Crippen molar-refractivity contribution in [1.29, 1.82) is 0 Å². The van der Waals surface area contributed by atoms with Crippen LogP contribution < -0.4 is 0 Å². The summed E-state index contributed by atoms with van der Waals surface area (Å²) in [7, 11) is 0. The van der Waals surface area contributed by atoms with Gasteiger partial charge >= 0.3 is 0 Å². The summed E-state index contributed by atoms with van der Waals surface area (Å²) in [5.74, 6) is 0. The number of rotatable bonds is 0. The Kier molecular flexibility index (Phi) is 3.05. The Bertz CT molecular complexity index is 1180. The first-order valence-electron chi connectivity index (χ1n) is 7.30. The zero-order valence-corrected chi connectivity index (χ0v) is 15.3. The minimum absolute atomic E-state index is 0.839. The van der Waals surface area contributed by atoms with Crippen molar-refractivity contribution in [2.45, 2.75) is 0 Å². The van der Waals surface area contributed by atoms with Crippen molar-refractivity contribution in [1.82, 2.24) is 19.9 Å². The third-order valence-corrected chi connectivity index (χ3v) is 5.90. The van der Waals surface area contributed by atoms with Crippen molar-refractivity contribution in [3.63, 3.8) is 0 Å². The van der Waals surface area contributed by atoms with Crippen LogP contribution in [0.15, 0.2) is 57.7 Å². The monoisotopic (exact) mass is 438 g/mol. The maximum atomic E-state index is 4.88. The van der Waals surface area contributed by atoms with Gasteiger partial charge in [0.15, 0.2) is 0 Å². The van der Waals surface area contributed by atoms with Gasteiger partial charge in [-0.3, -0.25) is 9.97 Å². The van der Waals surface area contributed by atoms with Crippen LogP contribution in [0.25, 0.3) is 43.9 Å². The van der Waals surface area contributed by atoms with Crippen LogP contribution in [0.1, 0.15) is 0 Å². The van der Waals surface area contributed by atoms with E-state index in [4.69, 9.17) is 9.97 Å². The van der Waals surface area contributed by atoms with Crippen molar-refractivity contribution < 1.29 is 0 Å². The van der Waals surface area contributed by atoms with Gasteiger partial charge in [0.05, 0.1) is 33.1 Å². The maximum absolute atomic E-state index is 4.88. The number of hydrogen-bond acceptors (Lipinski definition) is 4. The Morgan fingerprint density at radius 1 is 0.625 bits per heavy atom. The van der Waals surface area contributed by atoms with Crippen molar-refractivity contribution in [2.24, 2.45) is 0 Å². The molecule has 0 radical (unpaired) electrons. The van der Waals surface area contributed by atoms with E-state index in [1.807, 2.05) is 36.4 Å². The molecule has 5 rings (SSSR count). The Balaban J connectivity index is 2.11. The van der Waals surface area contributed by atoms with E-state index >= 15 is 0 Å². The number of pyridine rings is 2. The highest BCUT2D eigenvalue weighted by atomic mass is 79.9. The fourth-order valence-electron chi connectivity index (χ4n) is 3.00. The second-order valence-electron chi connectivity index (χ2n) is 5.47. The summed E-state index contributed by atoms with van der Waals surface area (Å²) < 4.78 is 1.90. The van der Waals surface area contributed by atoms with Gasteiger partial charge in [0.25, 0.3) is 0 Å². The van der Waals surface area contributed by atoms with Crippen molar-refractivity contribution in [3.05, 3.63) is 57.7 Å². The quantitative estimate of drug-likeness (QED) is 0.239. The van der Waals surface area contributed by atoms with Crippen LogP contribution in [0.5, 0.6) is 0 Å². The molecule has 0 aliphatic carbocycles. The highest BCUT2D eigenvalue weighted by molar-refractivity contribution is 9.13. The molecule has 0 fully saturated rings. The normalized spacial score (nSPS) is 11.8. The number of nitrogens with zero attached hydrogens (tertiary/aromatic N) is 4. The van der Waals surface area contributed by atoms with E-state index in [0.29, 0.717) is 0 Å². The summed E-state index contributed by atoms with van der Waals surface area (Å²) >= 11 is 7.07. The lowest BCUT2D eigenvalue weighted by molar-refractivity contribution is 1.36. The second-order valence-corrected chi connectivity index (χ2v) is 7.18. The van der Waals surface area contributed by atoms with Gasteiger partial charge in [0, 0.05) is 32.1 Å². The van der Waals surface area contributed by atoms with E-state index in [-0.39, 0.29) is 0 Å². The zero-order chi connectivity index (χ0) is 16.3. The number of hydrogen-bond donors (Lipinski definition) is 0. The summed E-state index contributed by atoms with van der Waals surface area (Å²) in [6.45, 7) is 0. The molecule has 114 valence electrons. The molecule has 24 heavy (non-hydrogen) atoms. The molecule has 0 aliphatic heterocycles. The third-order valence-electron chi connectivity index (χ3n) is 4.06. The Morgan fingerprint density at radius 2 is 1.08 bits per heavy atom. The molecular formula is C18H8Br2N4. The molecule has 0 atom stereocenters. The third kappa shape index (κ3) is 1.96. The molecule has 0 bridgehead atoms. The van der Waals surface area contributed by atoms with Crippen LogP contribution >= 0.6 is 31.9 Å². The number of benzene rings is 2. The first-order chi connectivity index (χ1) is 11.7. The van der Waals surface area contributed by atoms with E-state index in [2.05, 4.69) is 41.8 Å². The molecule has 0 spiro atoms. The first-order valence-corrected chi connectivity index (χ1v) is 8.89. The molecule has 0 aliphatic rings. The van der Waals surface area contributed by atoms with Gasteiger partial charge in [-0.25, -0.2) is 9.97 Å². The van der Waals surface area contributed by atoms with Crippen molar-refractivity contribution in [2.75, 3.05) is 0 Å².